The fourth-order valence-corrected chi connectivity index (χ4v) is 2.39. The lowest BCUT2D eigenvalue weighted by atomic mass is 10.1. The zero-order valence-corrected chi connectivity index (χ0v) is 12.1. The van der Waals surface area contributed by atoms with E-state index in [0.29, 0.717) is 10.9 Å². The lowest BCUT2D eigenvalue weighted by Gasteiger charge is -2.05. The molecule has 3 aromatic rings. The Bertz CT molecular complexity index is 877. The number of hydrogen-bond acceptors (Lipinski definition) is 2. The zero-order chi connectivity index (χ0) is 14.3. The third kappa shape index (κ3) is 2.20. The van der Waals surface area contributed by atoms with Gasteiger partial charge in [-0.05, 0) is 40.8 Å². The third-order valence-electron chi connectivity index (χ3n) is 2.88. The zero-order valence-electron chi connectivity index (χ0n) is 9.95. The number of H-pyrrole nitrogens is 1. The summed E-state index contributed by atoms with van der Waals surface area (Å²) < 4.78 is 27.4. The number of nitrogens with one attached hydrogen (secondary N) is 1. The summed E-state index contributed by atoms with van der Waals surface area (Å²) in [6.07, 6.45) is 0. The van der Waals surface area contributed by atoms with Crippen LogP contribution >= 0.6 is 22.6 Å². The molecule has 0 amide bonds. The number of rotatable bonds is 1. The van der Waals surface area contributed by atoms with E-state index in [1.807, 2.05) is 0 Å². The van der Waals surface area contributed by atoms with Crippen LogP contribution in [0.5, 0.6) is 0 Å². The van der Waals surface area contributed by atoms with E-state index in [9.17, 15) is 13.6 Å². The van der Waals surface area contributed by atoms with Crippen LogP contribution in [0.2, 0.25) is 0 Å². The van der Waals surface area contributed by atoms with Crippen LogP contribution in [0.4, 0.5) is 8.78 Å². The van der Waals surface area contributed by atoms with Crippen molar-refractivity contribution in [2.75, 3.05) is 0 Å². The molecule has 3 rings (SSSR count). The number of fused-ring (bicyclic) bond motifs is 1. The molecule has 0 spiro atoms. The Morgan fingerprint density at radius 2 is 1.85 bits per heavy atom. The van der Waals surface area contributed by atoms with Gasteiger partial charge in [-0.2, -0.15) is 0 Å². The molecule has 0 saturated carbocycles. The summed E-state index contributed by atoms with van der Waals surface area (Å²) in [6.45, 7) is 0. The quantitative estimate of drug-likeness (QED) is 0.516. The number of para-hydroxylation sites is 1. The number of hydrogen-bond donors (Lipinski definition) is 1. The molecule has 0 radical (unpaired) electrons. The standard InChI is InChI=1S/C14H7F2IN2O/c15-9-6-10(16)11(17)5-8(9)13-18-12-4-2-1-3-7(12)14(20)19-13/h1-6H,(H,18,19,20). The van der Waals surface area contributed by atoms with Gasteiger partial charge in [0.1, 0.15) is 17.5 Å². The van der Waals surface area contributed by atoms with Gasteiger partial charge in [-0.3, -0.25) is 4.79 Å². The predicted octanol–water partition coefficient (Wildman–Crippen LogP) is 3.47. The molecule has 0 aliphatic rings. The van der Waals surface area contributed by atoms with Crippen LogP contribution in [-0.2, 0) is 0 Å². The van der Waals surface area contributed by atoms with E-state index in [-0.39, 0.29) is 20.5 Å². The molecule has 0 atom stereocenters. The molecule has 0 bridgehead atoms. The molecule has 1 heterocycles. The van der Waals surface area contributed by atoms with Crippen LogP contribution < -0.4 is 5.56 Å². The number of benzene rings is 2. The monoisotopic (exact) mass is 384 g/mol. The van der Waals surface area contributed by atoms with Crippen molar-refractivity contribution in [2.24, 2.45) is 0 Å². The van der Waals surface area contributed by atoms with Crippen LogP contribution in [0.1, 0.15) is 0 Å². The van der Waals surface area contributed by atoms with Crippen molar-refractivity contribution in [3.63, 3.8) is 0 Å². The molecule has 6 heteroatoms. The first-order valence-electron chi connectivity index (χ1n) is 5.70. The smallest absolute Gasteiger partial charge is 0.259 e. The Morgan fingerprint density at radius 3 is 2.65 bits per heavy atom. The van der Waals surface area contributed by atoms with E-state index < -0.39 is 11.6 Å². The average molecular weight is 384 g/mol. The highest BCUT2D eigenvalue weighted by Gasteiger charge is 2.13. The summed E-state index contributed by atoms with van der Waals surface area (Å²) in [5.74, 6) is -1.32. The van der Waals surface area contributed by atoms with Crippen molar-refractivity contribution >= 4 is 33.5 Å². The highest BCUT2D eigenvalue weighted by atomic mass is 127. The first-order chi connectivity index (χ1) is 9.56. The molecule has 0 fully saturated rings. The molecule has 0 unspecified atom stereocenters. The van der Waals surface area contributed by atoms with Crippen LogP contribution in [-0.4, -0.2) is 9.97 Å². The van der Waals surface area contributed by atoms with Crippen molar-refractivity contribution in [3.8, 4) is 11.4 Å². The second-order valence-corrected chi connectivity index (χ2v) is 5.34. The Labute approximate surface area is 125 Å². The van der Waals surface area contributed by atoms with Crippen molar-refractivity contribution in [1.29, 1.82) is 0 Å². The molecule has 100 valence electrons. The minimum atomic E-state index is -0.763. The highest BCUT2D eigenvalue weighted by Crippen LogP contribution is 2.24. The topological polar surface area (TPSA) is 45.8 Å². The van der Waals surface area contributed by atoms with Gasteiger partial charge >= 0.3 is 0 Å². The molecule has 1 aromatic heterocycles. The fraction of sp³-hybridized carbons (Fsp3) is 0. The average Bonchev–Trinajstić information content (AvgIpc) is 2.43. The van der Waals surface area contributed by atoms with Gasteiger partial charge < -0.3 is 4.98 Å². The molecule has 0 aliphatic heterocycles. The number of aromatic nitrogens is 2. The van der Waals surface area contributed by atoms with E-state index in [4.69, 9.17) is 0 Å². The molecule has 0 saturated heterocycles. The van der Waals surface area contributed by atoms with Crippen molar-refractivity contribution in [1.82, 2.24) is 9.97 Å². The minimum absolute atomic E-state index is 0.0682. The van der Waals surface area contributed by atoms with Crippen LogP contribution in [0.25, 0.3) is 22.3 Å². The molecular weight excluding hydrogens is 377 g/mol. The summed E-state index contributed by atoms with van der Waals surface area (Å²) in [5, 5.41) is 0.425. The summed E-state index contributed by atoms with van der Waals surface area (Å²) in [5.41, 5.74) is 0.174. The molecule has 0 aliphatic carbocycles. The summed E-state index contributed by atoms with van der Waals surface area (Å²) in [4.78, 5) is 18.7. The molecule has 3 nitrogen and oxygen atoms in total. The second-order valence-electron chi connectivity index (χ2n) is 4.18. The lowest BCUT2D eigenvalue weighted by Crippen LogP contribution is -2.10. The Morgan fingerprint density at radius 1 is 1.10 bits per heavy atom. The van der Waals surface area contributed by atoms with Gasteiger partial charge in [0.25, 0.3) is 5.56 Å². The van der Waals surface area contributed by atoms with Gasteiger partial charge in [-0.1, -0.05) is 12.1 Å². The second kappa shape index (κ2) is 4.93. The van der Waals surface area contributed by atoms with E-state index in [1.54, 1.807) is 46.9 Å². The SMILES string of the molecule is O=c1[nH]c(-c2cc(I)c(F)cc2F)nc2ccccc12. The minimum Gasteiger partial charge on any atom is -0.306 e. The fourth-order valence-electron chi connectivity index (χ4n) is 1.92. The maximum Gasteiger partial charge on any atom is 0.259 e. The van der Waals surface area contributed by atoms with Gasteiger partial charge in [0.05, 0.1) is 16.5 Å². The number of nitrogens with zero attached hydrogens (tertiary/aromatic N) is 1. The Kier molecular flexibility index (Phi) is 3.25. The Balaban J connectivity index is 2.30. The molecule has 1 N–H and O–H groups in total. The van der Waals surface area contributed by atoms with Gasteiger partial charge in [0, 0.05) is 9.64 Å². The van der Waals surface area contributed by atoms with Crippen LogP contribution in [0, 0.1) is 15.2 Å². The molecule has 20 heavy (non-hydrogen) atoms. The predicted molar refractivity (Wildman–Crippen MR) is 80.4 cm³/mol. The van der Waals surface area contributed by atoms with E-state index >= 15 is 0 Å². The lowest BCUT2D eigenvalue weighted by molar-refractivity contribution is 0.580. The van der Waals surface area contributed by atoms with Gasteiger partial charge in [-0.25, -0.2) is 13.8 Å². The molecule has 2 aromatic carbocycles. The normalized spacial score (nSPS) is 10.9. The van der Waals surface area contributed by atoms with Crippen LogP contribution in [0.3, 0.4) is 0 Å². The summed E-state index contributed by atoms with van der Waals surface area (Å²) >= 11 is 1.76. The van der Waals surface area contributed by atoms with E-state index in [2.05, 4.69) is 9.97 Å². The maximum absolute atomic E-state index is 13.8. The van der Waals surface area contributed by atoms with Gasteiger partial charge in [0.2, 0.25) is 0 Å². The largest absolute Gasteiger partial charge is 0.306 e. The molecular formula is C14H7F2IN2O. The van der Waals surface area contributed by atoms with Gasteiger partial charge in [-0.15, -0.1) is 0 Å². The highest BCUT2D eigenvalue weighted by molar-refractivity contribution is 14.1. The third-order valence-corrected chi connectivity index (χ3v) is 3.70. The summed E-state index contributed by atoms with van der Waals surface area (Å²) in [7, 11) is 0. The van der Waals surface area contributed by atoms with Crippen molar-refractivity contribution in [2.45, 2.75) is 0 Å². The Hall–Kier alpha value is -1.83. The first kappa shape index (κ1) is 13.2. The van der Waals surface area contributed by atoms with Gasteiger partial charge in [0.15, 0.2) is 0 Å². The van der Waals surface area contributed by atoms with E-state index in [1.165, 1.54) is 6.07 Å². The van der Waals surface area contributed by atoms with Crippen molar-refractivity contribution in [3.05, 3.63) is 62.0 Å². The first-order valence-corrected chi connectivity index (χ1v) is 6.78. The number of aromatic amines is 1. The van der Waals surface area contributed by atoms with Crippen molar-refractivity contribution < 1.29 is 8.78 Å². The van der Waals surface area contributed by atoms with E-state index in [0.717, 1.165) is 6.07 Å². The van der Waals surface area contributed by atoms with Crippen LogP contribution in [0.15, 0.2) is 41.2 Å². The number of halogens is 3. The summed E-state index contributed by atoms with van der Waals surface area (Å²) in [6, 6.07) is 8.87. The maximum atomic E-state index is 13.8.